The van der Waals surface area contributed by atoms with E-state index in [1.807, 2.05) is 0 Å². The number of hydrogen-bond donors (Lipinski definition) is 1. The van der Waals surface area contributed by atoms with Gasteiger partial charge in [0.2, 0.25) is 0 Å². The number of nitrogens with one attached hydrogen (secondary N) is 1. The van der Waals surface area contributed by atoms with Crippen LogP contribution in [0.1, 0.15) is 38.8 Å². The average molecular weight is 301 g/mol. The Balaban J connectivity index is 2.08. The fourth-order valence-electron chi connectivity index (χ4n) is 2.45. The molecule has 0 saturated heterocycles. The normalized spacial score (nSPS) is 14.2. The molecule has 0 saturated carbocycles. The summed E-state index contributed by atoms with van der Waals surface area (Å²) < 4.78 is 0. The van der Waals surface area contributed by atoms with E-state index >= 15 is 0 Å². The summed E-state index contributed by atoms with van der Waals surface area (Å²) in [6.45, 7) is 7.82. The Morgan fingerprint density at radius 2 is 1.76 bits per heavy atom. The number of hydrogen-bond acceptors (Lipinski definition) is 2. The van der Waals surface area contributed by atoms with Crippen molar-refractivity contribution in [3.05, 3.63) is 48.0 Å². The second-order valence-corrected chi connectivity index (χ2v) is 6.84. The number of benzene rings is 2. The van der Waals surface area contributed by atoms with Crippen LogP contribution in [0.2, 0.25) is 0 Å². The molecule has 114 valence electrons. The summed E-state index contributed by atoms with van der Waals surface area (Å²) in [7, 11) is 0. The summed E-state index contributed by atoms with van der Waals surface area (Å²) in [4.78, 5) is 0. The van der Waals surface area contributed by atoms with E-state index in [0.717, 1.165) is 18.2 Å². The summed E-state index contributed by atoms with van der Waals surface area (Å²) in [5, 5.41) is 6.30. The van der Waals surface area contributed by atoms with Crippen LogP contribution in [0.5, 0.6) is 0 Å². The summed E-state index contributed by atoms with van der Waals surface area (Å²) in [5.74, 6) is 3.22. The molecule has 0 aliphatic carbocycles. The van der Waals surface area contributed by atoms with Gasteiger partial charge in [0, 0.05) is 11.8 Å². The van der Waals surface area contributed by atoms with Crippen molar-refractivity contribution in [3.63, 3.8) is 0 Å². The van der Waals surface area contributed by atoms with Gasteiger partial charge in [0.1, 0.15) is 0 Å². The van der Waals surface area contributed by atoms with E-state index in [2.05, 4.69) is 80.3 Å². The Morgan fingerprint density at radius 1 is 1.00 bits per heavy atom. The van der Waals surface area contributed by atoms with Crippen LogP contribution < -0.4 is 5.32 Å². The molecular weight excluding hydrogens is 274 g/mol. The molecule has 0 aromatic heterocycles. The Morgan fingerprint density at radius 3 is 2.48 bits per heavy atom. The van der Waals surface area contributed by atoms with Crippen molar-refractivity contribution >= 4 is 22.5 Å². The highest BCUT2D eigenvalue weighted by Gasteiger charge is 2.11. The molecule has 2 heteroatoms. The molecule has 2 atom stereocenters. The molecule has 2 rings (SSSR count). The molecule has 0 fully saturated rings. The fourth-order valence-corrected chi connectivity index (χ4v) is 3.77. The Labute approximate surface area is 133 Å². The molecular formula is C19H27NS. The van der Waals surface area contributed by atoms with Crippen LogP contribution in [0.3, 0.4) is 0 Å². The van der Waals surface area contributed by atoms with Crippen LogP contribution in [0, 0.1) is 5.92 Å². The monoisotopic (exact) mass is 301 g/mol. The standard InChI is InChI=1S/C19H27NS/c1-4-15(3)13-21-14-19(20-5-2)18-11-10-16-8-6-7-9-17(16)12-18/h6-12,15,19-20H,4-5,13-14H2,1-3H3. The third kappa shape index (κ3) is 4.76. The third-order valence-electron chi connectivity index (χ3n) is 4.01. The van der Waals surface area contributed by atoms with Gasteiger partial charge < -0.3 is 5.32 Å². The number of rotatable bonds is 8. The quantitative estimate of drug-likeness (QED) is 0.713. The van der Waals surface area contributed by atoms with E-state index in [0.29, 0.717) is 6.04 Å². The SMILES string of the molecule is CCNC(CSCC(C)CC)c1ccc2ccccc2c1. The molecule has 0 bridgehead atoms. The maximum absolute atomic E-state index is 3.63. The van der Waals surface area contributed by atoms with Gasteiger partial charge in [-0.25, -0.2) is 0 Å². The number of fused-ring (bicyclic) bond motifs is 1. The van der Waals surface area contributed by atoms with Crippen molar-refractivity contribution in [3.8, 4) is 0 Å². The second kappa shape index (κ2) is 8.45. The Kier molecular flexibility index (Phi) is 6.59. The predicted octanol–water partition coefficient (Wildman–Crippen LogP) is 5.27. The average Bonchev–Trinajstić information content (AvgIpc) is 2.53. The van der Waals surface area contributed by atoms with Crippen molar-refractivity contribution in [1.29, 1.82) is 0 Å². The van der Waals surface area contributed by atoms with Gasteiger partial charge in [-0.05, 0) is 40.6 Å². The lowest BCUT2D eigenvalue weighted by Crippen LogP contribution is -2.23. The van der Waals surface area contributed by atoms with E-state index in [4.69, 9.17) is 0 Å². The highest BCUT2D eigenvalue weighted by Crippen LogP contribution is 2.24. The molecule has 0 heterocycles. The van der Waals surface area contributed by atoms with Gasteiger partial charge in [0.25, 0.3) is 0 Å². The van der Waals surface area contributed by atoms with Crippen molar-refractivity contribution in [2.75, 3.05) is 18.1 Å². The van der Waals surface area contributed by atoms with Gasteiger partial charge >= 0.3 is 0 Å². The minimum Gasteiger partial charge on any atom is -0.310 e. The van der Waals surface area contributed by atoms with Gasteiger partial charge in [-0.2, -0.15) is 11.8 Å². The van der Waals surface area contributed by atoms with Gasteiger partial charge in [-0.3, -0.25) is 0 Å². The molecule has 1 nitrogen and oxygen atoms in total. The van der Waals surface area contributed by atoms with E-state index in [1.54, 1.807) is 0 Å². The Hall–Kier alpha value is -0.990. The van der Waals surface area contributed by atoms with Crippen molar-refractivity contribution in [2.45, 2.75) is 33.2 Å². The van der Waals surface area contributed by atoms with Crippen molar-refractivity contribution in [1.82, 2.24) is 5.32 Å². The van der Waals surface area contributed by atoms with Crippen LogP contribution in [0.15, 0.2) is 42.5 Å². The van der Waals surface area contributed by atoms with E-state index in [-0.39, 0.29) is 0 Å². The fraction of sp³-hybridized carbons (Fsp3) is 0.474. The first kappa shape index (κ1) is 16.4. The molecule has 0 aliphatic heterocycles. The largest absolute Gasteiger partial charge is 0.310 e. The summed E-state index contributed by atoms with van der Waals surface area (Å²) >= 11 is 2.07. The lowest BCUT2D eigenvalue weighted by Gasteiger charge is -2.19. The van der Waals surface area contributed by atoms with E-state index in [9.17, 15) is 0 Å². The van der Waals surface area contributed by atoms with Crippen LogP contribution in [0.25, 0.3) is 10.8 Å². The molecule has 0 radical (unpaired) electrons. The molecule has 1 N–H and O–H groups in total. The first-order valence-electron chi connectivity index (χ1n) is 8.04. The van der Waals surface area contributed by atoms with Gasteiger partial charge in [-0.15, -0.1) is 0 Å². The van der Waals surface area contributed by atoms with Crippen LogP contribution in [-0.2, 0) is 0 Å². The predicted molar refractivity (Wildman–Crippen MR) is 97.1 cm³/mol. The second-order valence-electron chi connectivity index (χ2n) is 5.77. The minimum absolute atomic E-state index is 0.452. The first-order valence-corrected chi connectivity index (χ1v) is 9.19. The topological polar surface area (TPSA) is 12.0 Å². The zero-order chi connectivity index (χ0) is 15.1. The minimum atomic E-state index is 0.452. The first-order chi connectivity index (χ1) is 10.2. The smallest absolute Gasteiger partial charge is 0.0411 e. The van der Waals surface area contributed by atoms with Gasteiger partial charge in [0.15, 0.2) is 0 Å². The molecule has 2 aromatic carbocycles. The third-order valence-corrected chi connectivity index (χ3v) is 5.38. The van der Waals surface area contributed by atoms with Crippen LogP contribution >= 0.6 is 11.8 Å². The highest BCUT2D eigenvalue weighted by molar-refractivity contribution is 7.99. The molecule has 2 aromatic rings. The maximum Gasteiger partial charge on any atom is 0.0411 e. The zero-order valence-electron chi connectivity index (χ0n) is 13.4. The zero-order valence-corrected chi connectivity index (χ0v) is 14.2. The summed E-state index contributed by atoms with van der Waals surface area (Å²) in [6.07, 6.45) is 1.27. The van der Waals surface area contributed by atoms with E-state index < -0.39 is 0 Å². The lowest BCUT2D eigenvalue weighted by atomic mass is 10.0. The van der Waals surface area contributed by atoms with Crippen molar-refractivity contribution in [2.24, 2.45) is 5.92 Å². The molecule has 0 aliphatic rings. The molecule has 2 unspecified atom stereocenters. The summed E-state index contributed by atoms with van der Waals surface area (Å²) in [5.41, 5.74) is 1.41. The maximum atomic E-state index is 3.63. The Bertz CT molecular complexity index is 552. The van der Waals surface area contributed by atoms with Gasteiger partial charge in [-0.1, -0.05) is 63.6 Å². The van der Waals surface area contributed by atoms with Gasteiger partial charge in [0.05, 0.1) is 0 Å². The highest BCUT2D eigenvalue weighted by atomic mass is 32.2. The summed E-state index contributed by atoms with van der Waals surface area (Å²) in [6, 6.07) is 15.9. The molecule has 0 spiro atoms. The molecule has 0 amide bonds. The van der Waals surface area contributed by atoms with Crippen LogP contribution in [0.4, 0.5) is 0 Å². The van der Waals surface area contributed by atoms with Crippen LogP contribution in [-0.4, -0.2) is 18.1 Å². The molecule has 21 heavy (non-hydrogen) atoms. The van der Waals surface area contributed by atoms with E-state index in [1.165, 1.54) is 28.5 Å². The lowest BCUT2D eigenvalue weighted by molar-refractivity contribution is 0.602. The van der Waals surface area contributed by atoms with Crippen molar-refractivity contribution < 1.29 is 0 Å². The number of thioether (sulfide) groups is 1.